The fourth-order valence-electron chi connectivity index (χ4n) is 2.93. The molecule has 0 atom stereocenters. The maximum atomic E-state index is 12.5. The average molecular weight is 399 g/mol. The smallest absolute Gasteiger partial charge is 0.266 e. The van der Waals surface area contributed by atoms with Crippen LogP contribution in [0.2, 0.25) is 5.02 Å². The van der Waals surface area contributed by atoms with Crippen LogP contribution in [0.1, 0.15) is 37.2 Å². The molecule has 146 valence electrons. The van der Waals surface area contributed by atoms with Crippen molar-refractivity contribution >= 4 is 40.9 Å². The first-order chi connectivity index (χ1) is 13.3. The Morgan fingerprint density at radius 1 is 1.25 bits per heavy atom. The van der Waals surface area contributed by atoms with E-state index < -0.39 is 5.91 Å². The quantitative estimate of drug-likeness (QED) is 0.547. The Morgan fingerprint density at radius 3 is 2.54 bits per heavy atom. The van der Waals surface area contributed by atoms with Crippen molar-refractivity contribution in [1.29, 1.82) is 5.26 Å². The molecule has 6 nitrogen and oxygen atoms in total. The molecule has 0 fully saturated rings. The van der Waals surface area contributed by atoms with Crippen LogP contribution in [0.25, 0.3) is 6.08 Å². The summed E-state index contributed by atoms with van der Waals surface area (Å²) in [6, 6.07) is 8.65. The molecule has 2 amide bonds. The standard InChI is InChI=1S/C21H23ClN4O2/c1-5-8-26-13(2)9-16(14(26)3)10-17(12-23)21(28)25-18-6-7-20(19(22)11-18)24-15(4)27/h6-7,9-11H,5,8H2,1-4H3,(H,24,27)(H,25,28)/b17-10+. The van der Waals surface area contributed by atoms with Gasteiger partial charge in [0.2, 0.25) is 5.91 Å². The number of aryl methyl sites for hydroxylation is 1. The van der Waals surface area contributed by atoms with E-state index in [2.05, 4.69) is 22.1 Å². The Morgan fingerprint density at radius 2 is 1.96 bits per heavy atom. The summed E-state index contributed by atoms with van der Waals surface area (Å²) in [5, 5.41) is 15.0. The van der Waals surface area contributed by atoms with Gasteiger partial charge in [0.1, 0.15) is 11.6 Å². The summed E-state index contributed by atoms with van der Waals surface area (Å²) in [4.78, 5) is 23.7. The summed E-state index contributed by atoms with van der Waals surface area (Å²) >= 11 is 6.12. The molecule has 1 aromatic heterocycles. The summed E-state index contributed by atoms with van der Waals surface area (Å²) in [7, 11) is 0. The fraction of sp³-hybridized carbons (Fsp3) is 0.286. The van der Waals surface area contributed by atoms with Crippen molar-refractivity contribution in [1.82, 2.24) is 4.57 Å². The number of nitrogens with zero attached hydrogens (tertiary/aromatic N) is 2. The Balaban J connectivity index is 2.24. The highest BCUT2D eigenvalue weighted by Crippen LogP contribution is 2.26. The molecule has 0 aliphatic heterocycles. The first kappa shape index (κ1) is 21.3. The predicted molar refractivity (Wildman–Crippen MR) is 112 cm³/mol. The number of carbonyl (C=O) groups excluding carboxylic acids is 2. The largest absolute Gasteiger partial charge is 0.349 e. The van der Waals surface area contributed by atoms with Gasteiger partial charge in [-0.05, 0) is 56.2 Å². The summed E-state index contributed by atoms with van der Waals surface area (Å²) < 4.78 is 2.17. The van der Waals surface area contributed by atoms with Gasteiger partial charge in [-0.25, -0.2) is 0 Å². The van der Waals surface area contributed by atoms with Gasteiger partial charge in [-0.3, -0.25) is 9.59 Å². The van der Waals surface area contributed by atoms with Crippen molar-refractivity contribution in [2.24, 2.45) is 0 Å². The second-order valence-corrected chi connectivity index (χ2v) is 6.89. The van der Waals surface area contributed by atoms with E-state index in [-0.39, 0.29) is 11.5 Å². The Bertz CT molecular complexity index is 983. The Kier molecular flexibility index (Phi) is 7.02. The molecule has 1 heterocycles. The molecule has 2 aromatic rings. The lowest BCUT2D eigenvalue weighted by atomic mass is 10.1. The number of rotatable bonds is 6. The van der Waals surface area contributed by atoms with Gasteiger partial charge in [-0.1, -0.05) is 18.5 Å². The van der Waals surface area contributed by atoms with E-state index in [0.29, 0.717) is 16.4 Å². The number of halogens is 1. The minimum absolute atomic E-state index is 0.00110. The van der Waals surface area contributed by atoms with E-state index in [1.54, 1.807) is 18.2 Å². The minimum Gasteiger partial charge on any atom is -0.349 e. The van der Waals surface area contributed by atoms with E-state index in [4.69, 9.17) is 11.6 Å². The van der Waals surface area contributed by atoms with Gasteiger partial charge in [-0.2, -0.15) is 5.26 Å². The van der Waals surface area contributed by atoms with E-state index >= 15 is 0 Å². The predicted octanol–water partition coefficient (Wildman–Crippen LogP) is 4.67. The van der Waals surface area contributed by atoms with Gasteiger partial charge in [0.15, 0.2) is 0 Å². The maximum absolute atomic E-state index is 12.5. The number of benzene rings is 1. The molecule has 7 heteroatoms. The zero-order chi connectivity index (χ0) is 20.8. The summed E-state index contributed by atoms with van der Waals surface area (Å²) in [5.74, 6) is -0.764. The molecular weight excluding hydrogens is 376 g/mol. The lowest BCUT2D eigenvalue weighted by Crippen LogP contribution is -2.14. The molecule has 0 bridgehead atoms. The maximum Gasteiger partial charge on any atom is 0.266 e. The SMILES string of the molecule is CCCn1c(C)cc(/C=C(\C#N)C(=O)Nc2ccc(NC(C)=O)c(Cl)c2)c1C. The number of nitriles is 1. The zero-order valence-electron chi connectivity index (χ0n) is 16.4. The number of aromatic nitrogens is 1. The molecule has 0 radical (unpaired) electrons. The first-order valence-electron chi connectivity index (χ1n) is 8.93. The number of anilines is 2. The Labute approximate surface area is 169 Å². The normalized spacial score (nSPS) is 11.1. The van der Waals surface area contributed by atoms with Crippen LogP contribution >= 0.6 is 11.6 Å². The highest BCUT2D eigenvalue weighted by molar-refractivity contribution is 6.34. The van der Waals surface area contributed by atoms with Gasteiger partial charge in [-0.15, -0.1) is 0 Å². The van der Waals surface area contributed by atoms with Gasteiger partial charge in [0.05, 0.1) is 10.7 Å². The monoisotopic (exact) mass is 398 g/mol. The highest BCUT2D eigenvalue weighted by Gasteiger charge is 2.14. The third-order valence-electron chi connectivity index (χ3n) is 4.26. The van der Waals surface area contributed by atoms with Gasteiger partial charge < -0.3 is 15.2 Å². The summed E-state index contributed by atoms with van der Waals surface area (Å²) in [6.45, 7) is 8.35. The van der Waals surface area contributed by atoms with Crippen molar-refractivity contribution in [3.05, 3.63) is 51.8 Å². The number of hydrogen-bond donors (Lipinski definition) is 2. The number of amides is 2. The van der Waals surface area contributed by atoms with Gasteiger partial charge in [0.25, 0.3) is 5.91 Å². The molecular formula is C21H23ClN4O2. The highest BCUT2D eigenvalue weighted by atomic mass is 35.5. The van der Waals surface area contributed by atoms with Crippen LogP contribution < -0.4 is 10.6 Å². The fourth-order valence-corrected chi connectivity index (χ4v) is 3.16. The minimum atomic E-state index is -0.522. The van der Waals surface area contributed by atoms with Gasteiger partial charge >= 0.3 is 0 Å². The molecule has 28 heavy (non-hydrogen) atoms. The molecule has 2 N–H and O–H groups in total. The van der Waals surface area contributed by atoms with Crippen LogP contribution in [-0.4, -0.2) is 16.4 Å². The second kappa shape index (κ2) is 9.25. The number of nitrogens with one attached hydrogen (secondary N) is 2. The second-order valence-electron chi connectivity index (χ2n) is 6.48. The molecule has 0 aliphatic rings. The average Bonchev–Trinajstić information content (AvgIpc) is 2.89. The first-order valence-corrected chi connectivity index (χ1v) is 9.31. The number of hydrogen-bond acceptors (Lipinski definition) is 3. The van der Waals surface area contributed by atoms with Crippen molar-refractivity contribution in [2.45, 2.75) is 40.7 Å². The molecule has 0 saturated heterocycles. The van der Waals surface area contributed by atoms with Crippen LogP contribution in [0.4, 0.5) is 11.4 Å². The van der Waals surface area contributed by atoms with Crippen molar-refractivity contribution in [3.63, 3.8) is 0 Å². The molecule has 2 rings (SSSR count). The zero-order valence-corrected chi connectivity index (χ0v) is 17.1. The summed E-state index contributed by atoms with van der Waals surface area (Å²) in [6.07, 6.45) is 2.59. The van der Waals surface area contributed by atoms with E-state index in [1.807, 2.05) is 26.0 Å². The van der Waals surface area contributed by atoms with E-state index in [0.717, 1.165) is 29.9 Å². The van der Waals surface area contributed by atoms with Crippen molar-refractivity contribution in [3.8, 4) is 6.07 Å². The van der Waals surface area contributed by atoms with Crippen LogP contribution in [0, 0.1) is 25.2 Å². The van der Waals surface area contributed by atoms with Crippen LogP contribution in [0.15, 0.2) is 29.8 Å². The van der Waals surface area contributed by atoms with Crippen LogP contribution in [0.5, 0.6) is 0 Å². The summed E-state index contributed by atoms with van der Waals surface area (Å²) in [5.41, 5.74) is 3.83. The van der Waals surface area contributed by atoms with Gasteiger partial charge in [0, 0.05) is 30.5 Å². The van der Waals surface area contributed by atoms with E-state index in [1.165, 1.54) is 13.0 Å². The van der Waals surface area contributed by atoms with E-state index in [9.17, 15) is 14.9 Å². The lowest BCUT2D eigenvalue weighted by molar-refractivity contribution is -0.114. The van der Waals surface area contributed by atoms with Crippen LogP contribution in [-0.2, 0) is 16.1 Å². The molecule has 0 aliphatic carbocycles. The van der Waals surface area contributed by atoms with Crippen LogP contribution in [0.3, 0.4) is 0 Å². The third kappa shape index (κ3) is 5.02. The molecule has 1 aromatic carbocycles. The molecule has 0 saturated carbocycles. The topological polar surface area (TPSA) is 86.9 Å². The molecule has 0 unspecified atom stereocenters. The Hall–Kier alpha value is -3.04. The van der Waals surface area contributed by atoms with Crippen molar-refractivity contribution < 1.29 is 9.59 Å². The molecule has 0 spiro atoms. The third-order valence-corrected chi connectivity index (χ3v) is 4.58. The lowest BCUT2D eigenvalue weighted by Gasteiger charge is -2.09. The number of carbonyl (C=O) groups is 2. The van der Waals surface area contributed by atoms with Crippen molar-refractivity contribution in [2.75, 3.05) is 10.6 Å².